The van der Waals surface area contributed by atoms with Crippen molar-refractivity contribution in [2.24, 2.45) is 0 Å². The molecule has 3 unspecified atom stereocenters. The van der Waals surface area contributed by atoms with Gasteiger partial charge in [0.2, 0.25) is 0 Å². The van der Waals surface area contributed by atoms with Gasteiger partial charge in [-0.2, -0.15) is 0 Å². The van der Waals surface area contributed by atoms with E-state index in [1.807, 2.05) is 12.4 Å². The van der Waals surface area contributed by atoms with Gasteiger partial charge in [0.1, 0.15) is 0 Å². The molecular weight excluding hydrogens is 264 g/mol. The van der Waals surface area contributed by atoms with Crippen molar-refractivity contribution in [1.82, 2.24) is 10.3 Å². The molecule has 102 valence electrons. The fraction of sp³-hybridized carbons (Fsp3) is 0.769. The quantitative estimate of drug-likeness (QED) is 0.905. The van der Waals surface area contributed by atoms with Crippen LogP contribution in [0, 0.1) is 6.92 Å². The maximum atomic E-state index is 11.9. The Kier molecular flexibility index (Phi) is 5.33. The predicted molar refractivity (Wildman–Crippen MR) is 78.4 cm³/mol. The first-order valence-electron chi connectivity index (χ1n) is 6.70. The van der Waals surface area contributed by atoms with Crippen LogP contribution in [0.1, 0.15) is 43.2 Å². The van der Waals surface area contributed by atoms with Gasteiger partial charge in [0.15, 0.2) is 0 Å². The second-order valence-electron chi connectivity index (χ2n) is 4.90. The van der Waals surface area contributed by atoms with E-state index >= 15 is 0 Å². The molecule has 0 saturated heterocycles. The Hall–Kier alpha value is -0.260. The summed E-state index contributed by atoms with van der Waals surface area (Å²) in [6.45, 7) is 4.99. The SMILES string of the molecule is CCS(=O)C1CCCC(NCc2scnc2C)C1. The largest absolute Gasteiger partial charge is 0.309 e. The Balaban J connectivity index is 1.83. The van der Waals surface area contributed by atoms with E-state index in [1.54, 1.807) is 11.3 Å². The molecule has 0 bridgehead atoms. The van der Waals surface area contributed by atoms with E-state index in [4.69, 9.17) is 0 Å². The molecular formula is C13H22N2OS2. The lowest BCUT2D eigenvalue weighted by Gasteiger charge is -2.29. The van der Waals surface area contributed by atoms with Gasteiger partial charge in [-0.3, -0.25) is 4.21 Å². The molecule has 0 spiro atoms. The molecule has 0 radical (unpaired) electrons. The van der Waals surface area contributed by atoms with E-state index in [-0.39, 0.29) is 0 Å². The van der Waals surface area contributed by atoms with Crippen molar-refractivity contribution in [3.8, 4) is 0 Å². The van der Waals surface area contributed by atoms with Crippen LogP contribution in [-0.4, -0.2) is 26.2 Å². The molecule has 1 heterocycles. The fourth-order valence-corrected chi connectivity index (χ4v) is 4.61. The van der Waals surface area contributed by atoms with Crippen molar-refractivity contribution in [3.05, 3.63) is 16.1 Å². The summed E-state index contributed by atoms with van der Waals surface area (Å²) in [5.41, 5.74) is 3.04. The third-order valence-electron chi connectivity index (χ3n) is 3.68. The first kappa shape index (κ1) is 14.2. The second-order valence-corrected chi connectivity index (χ2v) is 7.84. The molecule has 18 heavy (non-hydrogen) atoms. The van der Waals surface area contributed by atoms with E-state index in [0.29, 0.717) is 11.3 Å². The average molecular weight is 286 g/mol. The molecule has 1 saturated carbocycles. The number of thiazole rings is 1. The Labute approximate surface area is 116 Å². The van der Waals surface area contributed by atoms with Gasteiger partial charge in [-0.15, -0.1) is 11.3 Å². The van der Waals surface area contributed by atoms with Crippen molar-refractivity contribution >= 4 is 22.1 Å². The fourth-order valence-electron chi connectivity index (χ4n) is 2.54. The molecule has 0 aromatic carbocycles. The minimum absolute atomic E-state index is 0.406. The van der Waals surface area contributed by atoms with E-state index in [0.717, 1.165) is 30.8 Å². The lowest BCUT2D eigenvalue weighted by molar-refractivity contribution is 0.376. The van der Waals surface area contributed by atoms with Crippen molar-refractivity contribution < 1.29 is 4.21 Å². The lowest BCUT2D eigenvalue weighted by Crippen LogP contribution is -2.37. The number of aryl methyl sites for hydroxylation is 1. The van der Waals surface area contributed by atoms with Gasteiger partial charge < -0.3 is 5.32 Å². The Morgan fingerprint density at radius 1 is 1.56 bits per heavy atom. The summed E-state index contributed by atoms with van der Waals surface area (Å²) in [7, 11) is -0.629. The van der Waals surface area contributed by atoms with Crippen LogP contribution in [0.3, 0.4) is 0 Å². The van der Waals surface area contributed by atoms with Gasteiger partial charge in [-0.25, -0.2) is 4.98 Å². The highest BCUT2D eigenvalue weighted by Crippen LogP contribution is 2.23. The summed E-state index contributed by atoms with van der Waals surface area (Å²) in [6.07, 6.45) is 4.63. The molecule has 1 N–H and O–H groups in total. The number of rotatable bonds is 5. The monoisotopic (exact) mass is 286 g/mol. The molecule has 0 aliphatic heterocycles. The zero-order valence-electron chi connectivity index (χ0n) is 11.1. The van der Waals surface area contributed by atoms with Gasteiger partial charge in [0.05, 0.1) is 11.2 Å². The molecule has 0 amide bonds. The highest BCUT2D eigenvalue weighted by atomic mass is 32.2. The van der Waals surface area contributed by atoms with Crippen LogP contribution in [0.4, 0.5) is 0 Å². The topological polar surface area (TPSA) is 42.0 Å². The first-order valence-corrected chi connectivity index (χ1v) is 8.96. The van der Waals surface area contributed by atoms with E-state index in [9.17, 15) is 4.21 Å². The van der Waals surface area contributed by atoms with Crippen LogP contribution >= 0.6 is 11.3 Å². The van der Waals surface area contributed by atoms with E-state index < -0.39 is 10.8 Å². The van der Waals surface area contributed by atoms with Gasteiger partial charge in [0, 0.05) is 39.3 Å². The average Bonchev–Trinajstić information content (AvgIpc) is 2.81. The summed E-state index contributed by atoms with van der Waals surface area (Å²) in [5, 5.41) is 4.02. The molecule has 3 atom stereocenters. The smallest absolute Gasteiger partial charge is 0.0798 e. The standard InChI is InChI=1S/C13H22N2OS2/c1-3-18(16)12-6-4-5-11(7-12)14-8-13-10(2)15-9-17-13/h9,11-12,14H,3-8H2,1-2H3. The van der Waals surface area contributed by atoms with Crippen molar-refractivity contribution in [2.45, 2.75) is 57.4 Å². The normalized spacial score (nSPS) is 26.1. The number of hydrogen-bond donors (Lipinski definition) is 1. The molecule has 1 aromatic rings. The van der Waals surface area contributed by atoms with Gasteiger partial charge >= 0.3 is 0 Å². The Morgan fingerprint density at radius 3 is 3.06 bits per heavy atom. The van der Waals surface area contributed by atoms with Crippen molar-refractivity contribution in [1.29, 1.82) is 0 Å². The third-order valence-corrected chi connectivity index (χ3v) is 6.35. The van der Waals surface area contributed by atoms with Crippen molar-refractivity contribution in [3.63, 3.8) is 0 Å². The zero-order chi connectivity index (χ0) is 13.0. The minimum Gasteiger partial charge on any atom is -0.309 e. The molecule has 2 rings (SSSR count). The van der Waals surface area contributed by atoms with Crippen LogP contribution < -0.4 is 5.32 Å². The molecule has 1 aromatic heterocycles. The highest BCUT2D eigenvalue weighted by molar-refractivity contribution is 7.85. The number of nitrogens with one attached hydrogen (secondary N) is 1. The van der Waals surface area contributed by atoms with Crippen LogP contribution in [0.25, 0.3) is 0 Å². The molecule has 5 heteroatoms. The minimum atomic E-state index is -0.629. The van der Waals surface area contributed by atoms with Crippen LogP contribution in [0.15, 0.2) is 5.51 Å². The van der Waals surface area contributed by atoms with Crippen molar-refractivity contribution in [2.75, 3.05) is 5.75 Å². The molecule has 1 aliphatic carbocycles. The van der Waals surface area contributed by atoms with Gasteiger partial charge in [0.25, 0.3) is 0 Å². The Bertz CT molecular complexity index is 405. The molecule has 1 fully saturated rings. The lowest BCUT2D eigenvalue weighted by atomic mass is 9.95. The van der Waals surface area contributed by atoms with Crippen LogP contribution in [0.5, 0.6) is 0 Å². The number of aromatic nitrogens is 1. The predicted octanol–water partition coefficient (Wildman–Crippen LogP) is 2.62. The summed E-state index contributed by atoms with van der Waals surface area (Å²) < 4.78 is 11.9. The van der Waals surface area contributed by atoms with Crippen LogP contribution in [-0.2, 0) is 17.3 Å². The molecule has 3 nitrogen and oxygen atoms in total. The maximum Gasteiger partial charge on any atom is 0.0798 e. The van der Waals surface area contributed by atoms with E-state index in [2.05, 4.69) is 17.2 Å². The highest BCUT2D eigenvalue weighted by Gasteiger charge is 2.25. The maximum absolute atomic E-state index is 11.9. The first-order chi connectivity index (χ1) is 8.70. The van der Waals surface area contributed by atoms with E-state index in [1.165, 1.54) is 17.7 Å². The number of hydrogen-bond acceptors (Lipinski definition) is 4. The van der Waals surface area contributed by atoms with Gasteiger partial charge in [-0.05, 0) is 26.2 Å². The van der Waals surface area contributed by atoms with Crippen LogP contribution in [0.2, 0.25) is 0 Å². The molecule has 1 aliphatic rings. The second kappa shape index (κ2) is 6.78. The van der Waals surface area contributed by atoms with Gasteiger partial charge in [-0.1, -0.05) is 13.3 Å². The number of nitrogens with zero attached hydrogens (tertiary/aromatic N) is 1. The summed E-state index contributed by atoms with van der Waals surface area (Å²) in [4.78, 5) is 5.59. The summed E-state index contributed by atoms with van der Waals surface area (Å²) in [6, 6.07) is 0.528. The third kappa shape index (κ3) is 3.62. The zero-order valence-corrected chi connectivity index (χ0v) is 12.8. The summed E-state index contributed by atoms with van der Waals surface area (Å²) >= 11 is 1.72. The summed E-state index contributed by atoms with van der Waals surface area (Å²) in [5.74, 6) is 0.797. The Morgan fingerprint density at radius 2 is 2.39 bits per heavy atom.